The van der Waals surface area contributed by atoms with E-state index in [4.69, 9.17) is 0 Å². The van der Waals surface area contributed by atoms with Gasteiger partial charge in [0.25, 0.3) is 0 Å². The quantitative estimate of drug-likeness (QED) is 0.586. The molecule has 0 saturated carbocycles. The standard InChI is InChI=1S/C13H9O.Ga/c14-13(11-7-3-1-4-8-11)12-9-5-2-6-10-12;/h1-9H;. The molecule has 0 amide bonds. The fourth-order valence-electron chi connectivity index (χ4n) is 1.45. The molecule has 0 spiro atoms. The summed E-state index contributed by atoms with van der Waals surface area (Å²) in [6.07, 6.45) is 0. The van der Waals surface area contributed by atoms with E-state index in [9.17, 15) is 4.79 Å². The molecular weight excluding hydrogens is 242 g/mol. The molecule has 0 unspecified atom stereocenters. The van der Waals surface area contributed by atoms with Crippen LogP contribution >= 0.6 is 0 Å². The zero-order valence-electron chi connectivity index (χ0n) is 8.18. The van der Waals surface area contributed by atoms with Gasteiger partial charge in [-0.3, -0.25) is 0 Å². The molecule has 2 aromatic rings. The molecule has 1 nitrogen and oxygen atoms in total. The van der Waals surface area contributed by atoms with Crippen molar-refractivity contribution >= 4 is 28.5 Å². The molecule has 0 N–H and O–H groups in total. The third-order valence-corrected chi connectivity index (χ3v) is 3.30. The van der Waals surface area contributed by atoms with E-state index in [1.807, 2.05) is 54.6 Å². The molecule has 0 aliphatic heterocycles. The van der Waals surface area contributed by atoms with Crippen LogP contribution in [0.4, 0.5) is 0 Å². The second-order valence-electron chi connectivity index (χ2n) is 3.28. The van der Waals surface area contributed by atoms with Crippen molar-refractivity contribution in [2.75, 3.05) is 0 Å². The van der Waals surface area contributed by atoms with Crippen LogP contribution in [-0.4, -0.2) is 24.4 Å². The zero-order chi connectivity index (χ0) is 10.7. The molecule has 0 aliphatic rings. The van der Waals surface area contributed by atoms with E-state index < -0.39 is 0 Å². The second-order valence-corrected chi connectivity index (χ2v) is 4.59. The number of hydrogen-bond acceptors (Lipinski definition) is 1. The van der Waals surface area contributed by atoms with Crippen molar-refractivity contribution < 1.29 is 4.79 Å². The molecule has 2 heteroatoms. The first-order valence-electron chi connectivity index (χ1n) is 4.73. The number of hydrogen-bond donors (Lipinski definition) is 0. The van der Waals surface area contributed by atoms with E-state index in [-0.39, 0.29) is 5.78 Å². The van der Waals surface area contributed by atoms with E-state index >= 15 is 0 Å². The van der Waals surface area contributed by atoms with Gasteiger partial charge in [-0.25, -0.2) is 0 Å². The predicted octanol–water partition coefficient (Wildman–Crippen LogP) is 1.71. The summed E-state index contributed by atoms with van der Waals surface area (Å²) < 4.78 is 1.08. The summed E-state index contributed by atoms with van der Waals surface area (Å²) in [6.45, 7) is 0. The zero-order valence-corrected chi connectivity index (χ0v) is 10.6. The Kier molecular flexibility index (Phi) is 3.09. The average Bonchev–Trinajstić information content (AvgIpc) is 2.30. The van der Waals surface area contributed by atoms with Gasteiger partial charge in [-0.05, 0) is 0 Å². The fourth-order valence-corrected chi connectivity index (χ4v) is 2.16. The molecule has 0 bridgehead atoms. The Morgan fingerprint density at radius 2 is 1.47 bits per heavy atom. The van der Waals surface area contributed by atoms with Gasteiger partial charge in [0.1, 0.15) is 0 Å². The van der Waals surface area contributed by atoms with Crippen LogP contribution in [0.3, 0.4) is 0 Å². The van der Waals surface area contributed by atoms with Crippen molar-refractivity contribution in [1.29, 1.82) is 0 Å². The minimum atomic E-state index is 0.107. The van der Waals surface area contributed by atoms with Crippen molar-refractivity contribution in [2.45, 2.75) is 0 Å². The van der Waals surface area contributed by atoms with Gasteiger partial charge in [0.05, 0.1) is 0 Å². The summed E-state index contributed by atoms with van der Waals surface area (Å²) >= 11 is 1.48. The summed E-state index contributed by atoms with van der Waals surface area (Å²) in [5, 5.41) is 0. The Morgan fingerprint density at radius 1 is 0.867 bits per heavy atom. The van der Waals surface area contributed by atoms with Crippen LogP contribution < -0.4 is 4.12 Å². The number of benzene rings is 2. The summed E-state index contributed by atoms with van der Waals surface area (Å²) in [4.78, 5) is 12.1. The third-order valence-electron chi connectivity index (χ3n) is 2.24. The molecule has 0 aliphatic carbocycles. The van der Waals surface area contributed by atoms with Gasteiger partial charge in [-0.2, -0.15) is 0 Å². The van der Waals surface area contributed by atoms with Gasteiger partial charge in [0.15, 0.2) is 0 Å². The maximum atomic E-state index is 12.1. The molecule has 70 valence electrons. The van der Waals surface area contributed by atoms with E-state index in [0.717, 1.165) is 15.2 Å². The van der Waals surface area contributed by atoms with Crippen LogP contribution in [0.2, 0.25) is 0 Å². The van der Waals surface area contributed by atoms with Crippen molar-refractivity contribution in [3.63, 3.8) is 0 Å². The Bertz CT molecular complexity index is 477. The predicted molar refractivity (Wildman–Crippen MR) is 61.7 cm³/mol. The Balaban J connectivity index is 2.42. The summed E-state index contributed by atoms with van der Waals surface area (Å²) in [5.74, 6) is 0.107. The van der Waals surface area contributed by atoms with Gasteiger partial charge in [0, 0.05) is 0 Å². The molecule has 0 aromatic heterocycles. The van der Waals surface area contributed by atoms with Gasteiger partial charge in [0.2, 0.25) is 0 Å². The van der Waals surface area contributed by atoms with E-state index in [1.165, 1.54) is 18.6 Å². The molecule has 15 heavy (non-hydrogen) atoms. The molecule has 0 saturated heterocycles. The van der Waals surface area contributed by atoms with Crippen LogP contribution in [0.5, 0.6) is 0 Å². The molecule has 0 heterocycles. The van der Waals surface area contributed by atoms with Gasteiger partial charge >= 0.3 is 99.0 Å². The molecule has 2 aromatic carbocycles. The first-order chi connectivity index (χ1) is 7.29. The van der Waals surface area contributed by atoms with E-state index in [1.54, 1.807) is 0 Å². The SMILES string of the molecule is O=C(c1ccccc1)c1cccc[c]1[Ga]. The number of carbonyl (C=O) groups excluding carboxylic acids is 1. The van der Waals surface area contributed by atoms with Gasteiger partial charge in [-0.1, -0.05) is 0 Å². The summed E-state index contributed by atoms with van der Waals surface area (Å²) in [7, 11) is 0. The van der Waals surface area contributed by atoms with Crippen molar-refractivity contribution in [3.8, 4) is 0 Å². The summed E-state index contributed by atoms with van der Waals surface area (Å²) in [5.41, 5.74) is 1.56. The summed E-state index contributed by atoms with van der Waals surface area (Å²) in [6, 6.07) is 17.1. The molecule has 0 atom stereocenters. The van der Waals surface area contributed by atoms with Crippen molar-refractivity contribution in [3.05, 3.63) is 65.7 Å². The van der Waals surface area contributed by atoms with Crippen LogP contribution in [0, 0.1) is 0 Å². The Morgan fingerprint density at radius 3 is 2.13 bits per heavy atom. The van der Waals surface area contributed by atoms with Crippen molar-refractivity contribution in [2.24, 2.45) is 0 Å². The fraction of sp³-hybridized carbons (Fsp3) is 0. The minimum absolute atomic E-state index is 0.107. The molecule has 2 radical (unpaired) electrons. The normalized spacial score (nSPS) is 9.87. The number of ketones is 1. The van der Waals surface area contributed by atoms with Crippen molar-refractivity contribution in [1.82, 2.24) is 0 Å². The second kappa shape index (κ2) is 4.51. The molecule has 2 rings (SSSR count). The maximum absolute atomic E-state index is 12.1. The van der Waals surface area contributed by atoms with Gasteiger partial charge < -0.3 is 0 Å². The molecule has 0 fully saturated rings. The Labute approximate surface area is 99.1 Å². The first-order valence-corrected chi connectivity index (χ1v) is 5.94. The average molecular weight is 251 g/mol. The monoisotopic (exact) mass is 250 g/mol. The van der Waals surface area contributed by atoms with Crippen LogP contribution in [0.15, 0.2) is 54.6 Å². The van der Waals surface area contributed by atoms with Crippen LogP contribution in [-0.2, 0) is 0 Å². The molecular formula is C13H9GaO. The number of carbonyl (C=O) groups is 1. The first kappa shape index (κ1) is 10.3. The van der Waals surface area contributed by atoms with E-state index in [2.05, 4.69) is 0 Å². The number of rotatable bonds is 2. The third kappa shape index (κ3) is 2.22. The van der Waals surface area contributed by atoms with Gasteiger partial charge in [-0.15, -0.1) is 0 Å². The van der Waals surface area contributed by atoms with Crippen LogP contribution in [0.1, 0.15) is 15.9 Å². The topological polar surface area (TPSA) is 17.1 Å². The van der Waals surface area contributed by atoms with E-state index in [0.29, 0.717) is 0 Å². The Hall–Kier alpha value is -1.25. The van der Waals surface area contributed by atoms with Crippen LogP contribution in [0.25, 0.3) is 0 Å².